The average molecular weight is 314 g/mol. The van der Waals surface area contributed by atoms with E-state index >= 15 is 0 Å². The number of hydrogen-bond acceptors (Lipinski definition) is 3. The number of ether oxygens (including phenoxy) is 1. The number of halogens is 2. The standard InChI is InChI=1S/C14H17Cl2N3O/c1-20-8-7-17-9-11-5-6-18-19(11)10-12-13(15)3-2-4-14(12)16/h2-6,17H,7-10H2,1H3. The Kier molecular flexibility index (Phi) is 5.86. The van der Waals surface area contributed by atoms with Crippen molar-refractivity contribution in [2.45, 2.75) is 13.1 Å². The lowest BCUT2D eigenvalue weighted by molar-refractivity contribution is 0.199. The fourth-order valence-electron chi connectivity index (χ4n) is 1.88. The van der Waals surface area contributed by atoms with Gasteiger partial charge in [-0.3, -0.25) is 4.68 Å². The second-order valence-electron chi connectivity index (χ2n) is 4.35. The third-order valence-electron chi connectivity index (χ3n) is 2.96. The normalized spacial score (nSPS) is 10.9. The fraction of sp³-hybridized carbons (Fsp3) is 0.357. The quantitative estimate of drug-likeness (QED) is 0.799. The first-order valence-electron chi connectivity index (χ1n) is 6.35. The highest BCUT2D eigenvalue weighted by atomic mass is 35.5. The highest BCUT2D eigenvalue weighted by Gasteiger charge is 2.09. The first-order valence-corrected chi connectivity index (χ1v) is 7.11. The monoisotopic (exact) mass is 313 g/mol. The van der Waals surface area contributed by atoms with Gasteiger partial charge in [-0.15, -0.1) is 0 Å². The Hall–Kier alpha value is -1.07. The number of hydrogen-bond donors (Lipinski definition) is 1. The molecule has 0 radical (unpaired) electrons. The molecular formula is C14H17Cl2N3O. The van der Waals surface area contributed by atoms with Crippen LogP contribution < -0.4 is 5.32 Å². The first-order chi connectivity index (χ1) is 9.72. The maximum Gasteiger partial charge on any atom is 0.0692 e. The van der Waals surface area contributed by atoms with Crippen molar-refractivity contribution in [3.63, 3.8) is 0 Å². The lowest BCUT2D eigenvalue weighted by Crippen LogP contribution is -2.21. The number of nitrogens with one attached hydrogen (secondary N) is 1. The number of benzene rings is 1. The zero-order valence-corrected chi connectivity index (χ0v) is 12.8. The second kappa shape index (κ2) is 7.64. The van der Waals surface area contributed by atoms with Crippen molar-refractivity contribution in [3.8, 4) is 0 Å². The second-order valence-corrected chi connectivity index (χ2v) is 5.16. The molecule has 1 aromatic heterocycles. The van der Waals surface area contributed by atoms with E-state index in [4.69, 9.17) is 27.9 Å². The van der Waals surface area contributed by atoms with Gasteiger partial charge in [0.2, 0.25) is 0 Å². The van der Waals surface area contributed by atoms with Crippen molar-refractivity contribution in [1.29, 1.82) is 0 Å². The minimum absolute atomic E-state index is 0.562. The Bertz CT molecular complexity index is 537. The Morgan fingerprint density at radius 3 is 2.70 bits per heavy atom. The van der Waals surface area contributed by atoms with Crippen LogP contribution in [-0.2, 0) is 17.8 Å². The Balaban J connectivity index is 2.05. The number of nitrogens with zero attached hydrogens (tertiary/aromatic N) is 2. The van der Waals surface area contributed by atoms with E-state index in [1.807, 2.05) is 28.9 Å². The van der Waals surface area contributed by atoms with Gasteiger partial charge in [-0.2, -0.15) is 5.10 Å². The molecule has 0 saturated heterocycles. The summed E-state index contributed by atoms with van der Waals surface area (Å²) in [4.78, 5) is 0. The van der Waals surface area contributed by atoms with E-state index in [1.165, 1.54) is 0 Å². The van der Waals surface area contributed by atoms with Crippen LogP contribution in [0.25, 0.3) is 0 Å². The fourth-order valence-corrected chi connectivity index (χ4v) is 2.39. The minimum atomic E-state index is 0.562. The van der Waals surface area contributed by atoms with Gasteiger partial charge in [-0.1, -0.05) is 29.3 Å². The summed E-state index contributed by atoms with van der Waals surface area (Å²) in [5, 5.41) is 8.93. The van der Waals surface area contributed by atoms with Crippen LogP contribution in [0.3, 0.4) is 0 Å². The predicted molar refractivity (Wildman–Crippen MR) is 81.4 cm³/mol. The summed E-state index contributed by atoms with van der Waals surface area (Å²) in [6.45, 7) is 2.78. The Morgan fingerprint density at radius 1 is 1.25 bits per heavy atom. The van der Waals surface area contributed by atoms with Crippen LogP contribution in [0.15, 0.2) is 30.5 Å². The number of rotatable bonds is 7. The number of aromatic nitrogens is 2. The van der Waals surface area contributed by atoms with Crippen LogP contribution >= 0.6 is 23.2 Å². The molecule has 0 unspecified atom stereocenters. The lowest BCUT2D eigenvalue weighted by atomic mass is 10.2. The molecule has 0 bridgehead atoms. The van der Waals surface area contributed by atoms with Gasteiger partial charge in [0.1, 0.15) is 0 Å². The molecule has 0 aliphatic rings. The van der Waals surface area contributed by atoms with Crippen molar-refractivity contribution in [1.82, 2.24) is 15.1 Å². The molecule has 4 nitrogen and oxygen atoms in total. The van der Waals surface area contributed by atoms with Gasteiger partial charge in [-0.25, -0.2) is 0 Å². The molecule has 108 valence electrons. The highest BCUT2D eigenvalue weighted by molar-refractivity contribution is 6.35. The van der Waals surface area contributed by atoms with Crippen molar-refractivity contribution in [2.24, 2.45) is 0 Å². The summed E-state index contributed by atoms with van der Waals surface area (Å²) in [5.41, 5.74) is 1.97. The first kappa shape index (κ1) is 15.3. The molecule has 0 aliphatic heterocycles. The summed E-state index contributed by atoms with van der Waals surface area (Å²) in [7, 11) is 1.69. The SMILES string of the molecule is COCCNCc1ccnn1Cc1c(Cl)cccc1Cl. The van der Waals surface area contributed by atoms with E-state index in [0.29, 0.717) is 23.2 Å². The van der Waals surface area contributed by atoms with Crippen LogP contribution in [0.2, 0.25) is 10.0 Å². The molecule has 0 spiro atoms. The van der Waals surface area contributed by atoms with Crippen LogP contribution in [0.1, 0.15) is 11.3 Å². The molecule has 1 heterocycles. The molecule has 1 aromatic carbocycles. The molecule has 0 saturated carbocycles. The van der Waals surface area contributed by atoms with Gasteiger partial charge >= 0.3 is 0 Å². The average Bonchev–Trinajstić information content (AvgIpc) is 2.87. The van der Waals surface area contributed by atoms with Gasteiger partial charge in [-0.05, 0) is 18.2 Å². The van der Waals surface area contributed by atoms with Crippen LogP contribution in [0, 0.1) is 0 Å². The zero-order chi connectivity index (χ0) is 14.4. The number of methoxy groups -OCH3 is 1. The van der Waals surface area contributed by atoms with E-state index < -0.39 is 0 Å². The maximum atomic E-state index is 6.19. The van der Waals surface area contributed by atoms with E-state index in [0.717, 1.165) is 24.3 Å². The third kappa shape index (κ3) is 3.96. The van der Waals surface area contributed by atoms with Crippen molar-refractivity contribution in [3.05, 3.63) is 51.8 Å². The molecule has 2 aromatic rings. The third-order valence-corrected chi connectivity index (χ3v) is 3.67. The van der Waals surface area contributed by atoms with E-state index in [-0.39, 0.29) is 0 Å². The predicted octanol–water partition coefficient (Wildman–Crippen LogP) is 2.97. The van der Waals surface area contributed by atoms with Crippen LogP contribution in [0.4, 0.5) is 0 Å². The minimum Gasteiger partial charge on any atom is -0.383 e. The van der Waals surface area contributed by atoms with Crippen LogP contribution in [-0.4, -0.2) is 30.0 Å². The van der Waals surface area contributed by atoms with Crippen LogP contribution in [0.5, 0.6) is 0 Å². The topological polar surface area (TPSA) is 39.1 Å². The lowest BCUT2D eigenvalue weighted by Gasteiger charge is -2.11. The molecule has 0 fully saturated rings. The molecular weight excluding hydrogens is 297 g/mol. The van der Waals surface area contributed by atoms with E-state index in [9.17, 15) is 0 Å². The van der Waals surface area contributed by atoms with Gasteiger partial charge in [0.15, 0.2) is 0 Å². The molecule has 20 heavy (non-hydrogen) atoms. The van der Waals surface area contributed by atoms with E-state index in [1.54, 1.807) is 13.3 Å². The van der Waals surface area contributed by atoms with Gasteiger partial charge < -0.3 is 10.1 Å². The molecule has 2 rings (SSSR count). The largest absolute Gasteiger partial charge is 0.383 e. The maximum absolute atomic E-state index is 6.19. The van der Waals surface area contributed by atoms with Gasteiger partial charge in [0.25, 0.3) is 0 Å². The van der Waals surface area contributed by atoms with Crippen molar-refractivity contribution >= 4 is 23.2 Å². The summed E-state index contributed by atoms with van der Waals surface area (Å²) in [6.07, 6.45) is 1.78. The molecule has 6 heteroatoms. The van der Waals surface area contributed by atoms with Gasteiger partial charge in [0, 0.05) is 42.0 Å². The smallest absolute Gasteiger partial charge is 0.0692 e. The summed E-state index contributed by atoms with van der Waals surface area (Å²) < 4.78 is 6.89. The summed E-state index contributed by atoms with van der Waals surface area (Å²) >= 11 is 12.4. The molecule has 0 amide bonds. The van der Waals surface area contributed by atoms with Crippen molar-refractivity contribution in [2.75, 3.05) is 20.3 Å². The molecule has 0 aliphatic carbocycles. The summed E-state index contributed by atoms with van der Waals surface area (Å²) in [5.74, 6) is 0. The Morgan fingerprint density at radius 2 is 2.00 bits per heavy atom. The molecule has 0 atom stereocenters. The highest BCUT2D eigenvalue weighted by Crippen LogP contribution is 2.25. The van der Waals surface area contributed by atoms with Crippen molar-refractivity contribution < 1.29 is 4.74 Å². The summed E-state index contributed by atoms with van der Waals surface area (Å²) in [6, 6.07) is 7.49. The zero-order valence-electron chi connectivity index (χ0n) is 11.3. The Labute approximate surface area is 128 Å². The van der Waals surface area contributed by atoms with E-state index in [2.05, 4.69) is 10.4 Å². The molecule has 1 N–H and O–H groups in total. The van der Waals surface area contributed by atoms with Gasteiger partial charge in [0.05, 0.1) is 18.8 Å².